The van der Waals surface area contributed by atoms with Crippen LogP contribution in [0, 0.1) is 0 Å². The molecule has 0 saturated heterocycles. The highest BCUT2D eigenvalue weighted by Crippen LogP contribution is 2.29. The van der Waals surface area contributed by atoms with Gasteiger partial charge in [0.15, 0.2) is 5.01 Å². The monoisotopic (exact) mass is 492 g/mol. The summed E-state index contributed by atoms with van der Waals surface area (Å²) in [5, 5.41) is 14.4. The van der Waals surface area contributed by atoms with Gasteiger partial charge in [-0.2, -0.15) is 0 Å². The number of pyridine rings is 2. The van der Waals surface area contributed by atoms with Crippen LogP contribution in [0.4, 0.5) is 5.13 Å². The second-order valence-electron chi connectivity index (χ2n) is 8.50. The third-order valence-electron chi connectivity index (χ3n) is 6.09. The number of imide groups is 1. The predicted octanol–water partition coefficient (Wildman–Crippen LogP) is 4.47. The van der Waals surface area contributed by atoms with Crippen LogP contribution in [0.3, 0.4) is 0 Å². The van der Waals surface area contributed by atoms with Crippen LogP contribution in [0.5, 0.6) is 0 Å². The zero-order chi connectivity index (χ0) is 24.5. The van der Waals surface area contributed by atoms with Crippen molar-refractivity contribution >= 4 is 39.2 Å². The van der Waals surface area contributed by atoms with E-state index in [9.17, 15) is 9.59 Å². The fourth-order valence-electron chi connectivity index (χ4n) is 4.35. The highest BCUT2D eigenvalue weighted by Gasteiger charge is 2.36. The molecule has 4 heterocycles. The SMILES string of the molecule is O=C1c2ccccc2C(=O)N1CC(Cc1ccccc1)Nc1nnc(-c2cnc3cnccc3c2)s1. The lowest BCUT2D eigenvalue weighted by atomic mass is 10.1. The number of benzene rings is 2. The smallest absolute Gasteiger partial charge is 0.261 e. The van der Waals surface area contributed by atoms with Crippen LogP contribution in [-0.2, 0) is 6.42 Å². The first-order chi connectivity index (χ1) is 17.7. The first-order valence-electron chi connectivity index (χ1n) is 11.4. The van der Waals surface area contributed by atoms with Gasteiger partial charge in [-0.05, 0) is 36.2 Å². The van der Waals surface area contributed by atoms with Gasteiger partial charge in [-0.1, -0.05) is 53.8 Å². The molecule has 8 nitrogen and oxygen atoms in total. The van der Waals surface area contributed by atoms with Crippen LogP contribution < -0.4 is 5.32 Å². The second-order valence-corrected chi connectivity index (χ2v) is 9.48. The summed E-state index contributed by atoms with van der Waals surface area (Å²) in [5.41, 5.74) is 3.65. The quantitative estimate of drug-likeness (QED) is 0.335. The molecule has 1 aliphatic rings. The van der Waals surface area contributed by atoms with E-state index in [1.807, 2.05) is 42.5 Å². The molecule has 1 unspecified atom stereocenters. The average Bonchev–Trinajstić information content (AvgIpc) is 3.48. The van der Waals surface area contributed by atoms with Gasteiger partial charge in [0, 0.05) is 29.9 Å². The van der Waals surface area contributed by atoms with E-state index in [4.69, 9.17) is 0 Å². The molecule has 1 atom stereocenters. The maximum atomic E-state index is 13.0. The predicted molar refractivity (Wildman–Crippen MR) is 138 cm³/mol. The molecule has 0 aliphatic carbocycles. The van der Waals surface area contributed by atoms with E-state index in [0.717, 1.165) is 27.0 Å². The van der Waals surface area contributed by atoms with Crippen molar-refractivity contribution in [3.05, 3.63) is 102 Å². The largest absolute Gasteiger partial charge is 0.355 e. The maximum absolute atomic E-state index is 13.0. The van der Waals surface area contributed by atoms with Crippen LogP contribution >= 0.6 is 11.3 Å². The molecule has 2 amide bonds. The summed E-state index contributed by atoms with van der Waals surface area (Å²) in [6.45, 7) is 0.209. The summed E-state index contributed by atoms with van der Waals surface area (Å²) in [6.07, 6.45) is 5.82. The van der Waals surface area contributed by atoms with Crippen LogP contribution in [0.25, 0.3) is 21.5 Å². The van der Waals surface area contributed by atoms with Gasteiger partial charge >= 0.3 is 0 Å². The first-order valence-corrected chi connectivity index (χ1v) is 12.3. The lowest BCUT2D eigenvalue weighted by molar-refractivity contribution is 0.0647. The lowest BCUT2D eigenvalue weighted by Crippen LogP contribution is -2.41. The molecule has 0 fully saturated rings. The molecular weight excluding hydrogens is 472 g/mol. The Hall–Kier alpha value is -4.50. The van der Waals surface area contributed by atoms with Gasteiger partial charge in [-0.15, -0.1) is 10.2 Å². The molecule has 0 bridgehead atoms. The van der Waals surface area contributed by atoms with Gasteiger partial charge in [-0.25, -0.2) is 0 Å². The summed E-state index contributed by atoms with van der Waals surface area (Å²) in [4.78, 5) is 35.8. The summed E-state index contributed by atoms with van der Waals surface area (Å²) in [5.74, 6) is -0.546. The molecule has 6 rings (SSSR count). The van der Waals surface area contributed by atoms with Gasteiger partial charge in [0.25, 0.3) is 11.8 Å². The maximum Gasteiger partial charge on any atom is 0.261 e. The first kappa shape index (κ1) is 22.0. The number of anilines is 1. The Kier molecular flexibility index (Phi) is 5.67. The zero-order valence-corrected chi connectivity index (χ0v) is 19.9. The number of amides is 2. The Morgan fingerprint density at radius 2 is 1.64 bits per heavy atom. The number of carbonyl (C=O) groups is 2. The average molecular weight is 493 g/mol. The van der Waals surface area contributed by atoms with Gasteiger partial charge in [0.2, 0.25) is 5.13 Å². The van der Waals surface area contributed by atoms with Crippen LogP contribution in [-0.4, -0.2) is 49.5 Å². The molecule has 1 N–H and O–H groups in total. The van der Waals surface area contributed by atoms with Gasteiger partial charge < -0.3 is 5.32 Å². The van der Waals surface area contributed by atoms with Crippen molar-refractivity contribution in [3.8, 4) is 10.6 Å². The third-order valence-corrected chi connectivity index (χ3v) is 7.00. The van der Waals surface area contributed by atoms with Gasteiger partial charge in [0.1, 0.15) is 0 Å². The number of rotatable bonds is 7. The molecule has 9 heteroatoms. The van der Waals surface area contributed by atoms with E-state index >= 15 is 0 Å². The topological polar surface area (TPSA) is 101 Å². The van der Waals surface area contributed by atoms with Crippen molar-refractivity contribution in [2.45, 2.75) is 12.5 Å². The Balaban J connectivity index is 1.26. The van der Waals surface area contributed by atoms with Crippen LogP contribution in [0.15, 0.2) is 85.3 Å². The summed E-state index contributed by atoms with van der Waals surface area (Å²) in [6, 6.07) is 20.5. The normalized spacial score (nSPS) is 13.7. The lowest BCUT2D eigenvalue weighted by Gasteiger charge is -2.23. The Labute approximate surface area is 210 Å². The summed E-state index contributed by atoms with van der Waals surface area (Å²) >= 11 is 1.40. The molecule has 36 heavy (non-hydrogen) atoms. The van der Waals surface area contributed by atoms with Crippen molar-refractivity contribution in [2.24, 2.45) is 0 Å². The molecular formula is C27H20N6O2S. The molecule has 1 aliphatic heterocycles. The van der Waals surface area contributed by atoms with Crippen molar-refractivity contribution < 1.29 is 9.59 Å². The van der Waals surface area contributed by atoms with E-state index in [-0.39, 0.29) is 24.4 Å². The van der Waals surface area contributed by atoms with Crippen LogP contribution in [0.1, 0.15) is 26.3 Å². The van der Waals surface area contributed by atoms with Gasteiger partial charge in [0.05, 0.1) is 28.9 Å². The number of carbonyl (C=O) groups excluding carboxylic acids is 2. The zero-order valence-electron chi connectivity index (χ0n) is 19.0. The number of nitrogens with one attached hydrogen (secondary N) is 1. The Morgan fingerprint density at radius 3 is 2.42 bits per heavy atom. The molecule has 0 spiro atoms. The van der Waals surface area contributed by atoms with Gasteiger partial charge in [-0.3, -0.25) is 24.5 Å². The summed E-state index contributed by atoms with van der Waals surface area (Å²) in [7, 11) is 0. The molecule has 0 saturated carbocycles. The number of aromatic nitrogens is 4. The number of fused-ring (bicyclic) bond motifs is 2. The fraction of sp³-hybridized carbons (Fsp3) is 0.111. The van der Waals surface area contributed by atoms with E-state index in [0.29, 0.717) is 22.7 Å². The van der Waals surface area contributed by atoms with Crippen molar-refractivity contribution in [3.63, 3.8) is 0 Å². The van der Waals surface area contributed by atoms with Crippen molar-refractivity contribution in [1.29, 1.82) is 0 Å². The highest BCUT2D eigenvalue weighted by atomic mass is 32.1. The Morgan fingerprint density at radius 1 is 0.889 bits per heavy atom. The van der Waals surface area contributed by atoms with Crippen molar-refractivity contribution in [2.75, 3.05) is 11.9 Å². The standard InChI is InChI=1S/C27H20N6O2S/c34-25-21-8-4-5-9-22(21)26(35)33(25)16-20(12-17-6-2-1-3-7-17)30-27-32-31-24(36-27)19-13-18-10-11-28-15-23(18)29-14-19/h1-11,13-15,20H,12,16H2,(H,30,32). The highest BCUT2D eigenvalue weighted by molar-refractivity contribution is 7.18. The van der Waals surface area contributed by atoms with Crippen molar-refractivity contribution in [1.82, 2.24) is 25.1 Å². The molecule has 176 valence electrons. The number of hydrogen-bond donors (Lipinski definition) is 1. The fourth-order valence-corrected chi connectivity index (χ4v) is 5.15. The number of hydrogen-bond acceptors (Lipinski definition) is 8. The van der Waals surface area contributed by atoms with E-state index < -0.39 is 0 Å². The molecule has 5 aromatic rings. The minimum Gasteiger partial charge on any atom is -0.355 e. The molecule has 0 radical (unpaired) electrons. The van der Waals surface area contributed by atoms with E-state index in [1.54, 1.807) is 42.9 Å². The Bertz CT molecular complexity index is 1550. The molecule has 2 aromatic carbocycles. The minimum absolute atomic E-state index is 0.209. The van der Waals surface area contributed by atoms with Crippen LogP contribution in [0.2, 0.25) is 0 Å². The van der Waals surface area contributed by atoms with E-state index in [2.05, 4.69) is 25.5 Å². The number of nitrogens with zero attached hydrogens (tertiary/aromatic N) is 5. The molecule has 3 aromatic heterocycles. The summed E-state index contributed by atoms with van der Waals surface area (Å²) < 4.78 is 0. The minimum atomic E-state index is -0.273. The second kappa shape index (κ2) is 9.27. The van der Waals surface area contributed by atoms with E-state index in [1.165, 1.54) is 16.2 Å². The third kappa shape index (κ3) is 4.20.